The molecule has 0 heterocycles. The Kier molecular flexibility index (Phi) is 6.37. The maximum Gasteiger partial charge on any atom is 0.268 e. The van der Waals surface area contributed by atoms with Crippen LogP contribution in [0.2, 0.25) is 0 Å². The lowest BCUT2D eigenvalue weighted by molar-refractivity contribution is 0.0725. The zero-order chi connectivity index (χ0) is 15.3. The van der Waals surface area contributed by atoms with Gasteiger partial charge in [0.05, 0.1) is 11.1 Å². The van der Waals surface area contributed by atoms with Gasteiger partial charge in [0.25, 0.3) is 11.8 Å². The molecule has 2 amide bonds. The quantitative estimate of drug-likeness (QED) is 0.261. The summed E-state index contributed by atoms with van der Waals surface area (Å²) in [5.41, 5.74) is 1.40. The molecule has 1 aromatic rings. The van der Waals surface area contributed by atoms with Crippen LogP contribution in [-0.2, 0) is 4.43 Å². The molecule has 0 bridgehead atoms. The van der Waals surface area contributed by atoms with Gasteiger partial charge in [0, 0.05) is 17.5 Å². The van der Waals surface area contributed by atoms with Crippen molar-refractivity contribution in [3.05, 3.63) is 34.9 Å². The largest absolute Gasteiger partial charge is 0.277 e. The van der Waals surface area contributed by atoms with Crippen LogP contribution in [0.5, 0.6) is 0 Å². The number of alkyl halides is 1. The van der Waals surface area contributed by atoms with E-state index < -0.39 is 0 Å². The standard InChI is InChI=1S/C13H19IN4O2/c1-3-17(15)12(19)10-7-5-6-9(8-14)11(10)13(20)18(16)4-2/h5-7H,3-4,8,15-16H2,1-2H3. The molecular formula is C13H19IN4O2. The van der Waals surface area contributed by atoms with E-state index in [0.29, 0.717) is 23.1 Å². The number of hydrazine groups is 2. The van der Waals surface area contributed by atoms with Crippen molar-refractivity contribution in [2.75, 3.05) is 13.1 Å². The first-order valence-corrected chi connectivity index (χ1v) is 7.81. The number of rotatable bonds is 5. The van der Waals surface area contributed by atoms with Gasteiger partial charge >= 0.3 is 0 Å². The van der Waals surface area contributed by atoms with Crippen LogP contribution in [0, 0.1) is 0 Å². The predicted molar refractivity (Wildman–Crippen MR) is 86.0 cm³/mol. The van der Waals surface area contributed by atoms with Gasteiger partial charge in [-0.25, -0.2) is 11.7 Å². The molecule has 0 aliphatic carbocycles. The second-order valence-electron chi connectivity index (χ2n) is 4.16. The van der Waals surface area contributed by atoms with Gasteiger partial charge in [-0.15, -0.1) is 0 Å². The number of halogens is 1. The van der Waals surface area contributed by atoms with Crippen LogP contribution in [0.25, 0.3) is 0 Å². The third-order valence-corrected chi connectivity index (χ3v) is 3.76. The van der Waals surface area contributed by atoms with Crippen molar-refractivity contribution in [3.63, 3.8) is 0 Å². The van der Waals surface area contributed by atoms with Crippen molar-refractivity contribution >= 4 is 34.4 Å². The minimum absolute atomic E-state index is 0.289. The summed E-state index contributed by atoms with van der Waals surface area (Å²) < 4.78 is 0.605. The Bertz CT molecular complexity index is 507. The highest BCUT2D eigenvalue weighted by Crippen LogP contribution is 2.20. The van der Waals surface area contributed by atoms with Crippen molar-refractivity contribution in [2.24, 2.45) is 11.7 Å². The summed E-state index contributed by atoms with van der Waals surface area (Å²) in [6.45, 7) is 4.26. The van der Waals surface area contributed by atoms with Crippen molar-refractivity contribution in [1.82, 2.24) is 10.0 Å². The summed E-state index contributed by atoms with van der Waals surface area (Å²) in [5.74, 6) is 10.6. The molecule has 0 aliphatic rings. The van der Waals surface area contributed by atoms with E-state index in [2.05, 4.69) is 22.6 Å². The van der Waals surface area contributed by atoms with Crippen LogP contribution in [0.3, 0.4) is 0 Å². The van der Waals surface area contributed by atoms with Crippen LogP contribution in [0.4, 0.5) is 0 Å². The lowest BCUT2D eigenvalue weighted by Crippen LogP contribution is -2.41. The molecule has 20 heavy (non-hydrogen) atoms. The van der Waals surface area contributed by atoms with E-state index in [1.807, 2.05) is 6.07 Å². The number of nitrogens with two attached hydrogens (primary N) is 2. The fraction of sp³-hybridized carbons (Fsp3) is 0.385. The molecule has 0 unspecified atom stereocenters. The third-order valence-electron chi connectivity index (χ3n) is 2.94. The number of hydrogen-bond donors (Lipinski definition) is 2. The smallest absolute Gasteiger partial charge is 0.268 e. The maximum absolute atomic E-state index is 12.4. The number of amides is 2. The minimum Gasteiger partial charge on any atom is -0.277 e. The monoisotopic (exact) mass is 390 g/mol. The molecule has 110 valence electrons. The molecule has 0 saturated heterocycles. The van der Waals surface area contributed by atoms with E-state index in [1.54, 1.807) is 26.0 Å². The summed E-state index contributed by atoms with van der Waals surface area (Å²) >= 11 is 2.15. The third kappa shape index (κ3) is 3.47. The van der Waals surface area contributed by atoms with E-state index in [0.717, 1.165) is 15.6 Å². The van der Waals surface area contributed by atoms with Gasteiger partial charge in [0.15, 0.2) is 0 Å². The summed E-state index contributed by atoms with van der Waals surface area (Å²) in [4.78, 5) is 24.6. The average molecular weight is 390 g/mol. The maximum atomic E-state index is 12.4. The number of benzene rings is 1. The Labute approximate surface area is 132 Å². The molecule has 0 aliphatic heterocycles. The summed E-state index contributed by atoms with van der Waals surface area (Å²) in [6.07, 6.45) is 0. The van der Waals surface area contributed by atoms with Gasteiger partial charge in [-0.05, 0) is 25.5 Å². The highest BCUT2D eigenvalue weighted by Gasteiger charge is 2.24. The lowest BCUT2D eigenvalue weighted by atomic mass is 10.00. The molecule has 0 aromatic heterocycles. The molecule has 1 aromatic carbocycles. The topological polar surface area (TPSA) is 92.7 Å². The van der Waals surface area contributed by atoms with Crippen molar-refractivity contribution in [3.8, 4) is 0 Å². The van der Waals surface area contributed by atoms with E-state index in [1.165, 1.54) is 0 Å². The Morgan fingerprint density at radius 1 is 1.10 bits per heavy atom. The number of carbonyl (C=O) groups excluding carboxylic acids is 2. The van der Waals surface area contributed by atoms with Crippen LogP contribution in [-0.4, -0.2) is 34.9 Å². The van der Waals surface area contributed by atoms with E-state index in [4.69, 9.17) is 11.7 Å². The van der Waals surface area contributed by atoms with Gasteiger partial charge in [0.1, 0.15) is 0 Å². The highest BCUT2D eigenvalue weighted by atomic mass is 127. The van der Waals surface area contributed by atoms with Gasteiger partial charge in [-0.1, -0.05) is 34.7 Å². The second kappa shape index (κ2) is 7.55. The molecule has 0 saturated carbocycles. The van der Waals surface area contributed by atoms with Gasteiger partial charge in [-0.2, -0.15) is 0 Å². The summed E-state index contributed by atoms with van der Waals surface area (Å²) in [7, 11) is 0. The van der Waals surface area contributed by atoms with E-state index >= 15 is 0 Å². The van der Waals surface area contributed by atoms with Crippen LogP contribution >= 0.6 is 22.6 Å². The van der Waals surface area contributed by atoms with E-state index in [9.17, 15) is 9.59 Å². The fourth-order valence-electron chi connectivity index (χ4n) is 1.73. The molecule has 6 nitrogen and oxygen atoms in total. The summed E-state index contributed by atoms with van der Waals surface area (Å²) in [6, 6.07) is 5.16. The first kappa shape index (κ1) is 16.9. The van der Waals surface area contributed by atoms with Gasteiger partial charge in [-0.3, -0.25) is 19.6 Å². The normalized spacial score (nSPS) is 10.2. The van der Waals surface area contributed by atoms with Crippen LogP contribution in [0.1, 0.15) is 40.1 Å². The Morgan fingerprint density at radius 3 is 2.15 bits per heavy atom. The average Bonchev–Trinajstić information content (AvgIpc) is 2.50. The first-order valence-electron chi connectivity index (χ1n) is 6.28. The number of hydrogen-bond acceptors (Lipinski definition) is 4. The van der Waals surface area contributed by atoms with Crippen molar-refractivity contribution in [1.29, 1.82) is 0 Å². The molecule has 4 N–H and O–H groups in total. The zero-order valence-corrected chi connectivity index (χ0v) is 13.8. The second-order valence-corrected chi connectivity index (χ2v) is 4.92. The van der Waals surface area contributed by atoms with Crippen molar-refractivity contribution in [2.45, 2.75) is 18.3 Å². The fourth-order valence-corrected chi connectivity index (χ4v) is 2.36. The van der Waals surface area contributed by atoms with Crippen molar-refractivity contribution < 1.29 is 9.59 Å². The predicted octanol–water partition coefficient (Wildman–Crippen LogP) is 1.29. The Balaban J connectivity index is 3.38. The molecule has 0 fully saturated rings. The zero-order valence-electron chi connectivity index (χ0n) is 11.6. The van der Waals surface area contributed by atoms with E-state index in [-0.39, 0.29) is 17.4 Å². The molecule has 7 heteroatoms. The molecule has 0 radical (unpaired) electrons. The SMILES string of the molecule is CCN(N)C(=O)c1cccc(CI)c1C(=O)N(N)CC. The Morgan fingerprint density at radius 2 is 1.65 bits per heavy atom. The van der Waals surface area contributed by atoms with Crippen LogP contribution in [0.15, 0.2) is 18.2 Å². The lowest BCUT2D eigenvalue weighted by Gasteiger charge is -2.21. The van der Waals surface area contributed by atoms with Crippen LogP contribution < -0.4 is 11.7 Å². The highest BCUT2D eigenvalue weighted by molar-refractivity contribution is 14.1. The first-order chi connectivity index (χ1) is 9.47. The van der Waals surface area contributed by atoms with Gasteiger partial charge in [0.2, 0.25) is 0 Å². The number of carbonyl (C=O) groups is 2. The molecule has 0 atom stereocenters. The molecule has 0 spiro atoms. The van der Waals surface area contributed by atoms with Gasteiger partial charge < -0.3 is 0 Å². The summed E-state index contributed by atoms with van der Waals surface area (Å²) in [5, 5.41) is 2.17. The minimum atomic E-state index is -0.382. The molecule has 1 rings (SSSR count). The molecular weight excluding hydrogens is 371 g/mol. The Hall–Kier alpha value is -1.19. The number of nitrogens with zero attached hydrogens (tertiary/aromatic N) is 2.